The maximum atomic E-state index is 5.94. The Hall–Kier alpha value is 0.01000. The molecule has 2 nitrogen and oxygen atoms in total. The van der Waals surface area contributed by atoms with Gasteiger partial charge in [-0.2, -0.15) is 0 Å². The van der Waals surface area contributed by atoms with Gasteiger partial charge >= 0.3 is 0 Å². The summed E-state index contributed by atoms with van der Waals surface area (Å²) in [5.74, 6) is 0. The fourth-order valence-electron chi connectivity index (χ4n) is 1.97. The van der Waals surface area contributed by atoms with Crippen molar-refractivity contribution in [3.05, 3.63) is 33.8 Å². The van der Waals surface area contributed by atoms with E-state index in [9.17, 15) is 0 Å². The summed E-state index contributed by atoms with van der Waals surface area (Å²) < 4.78 is 0. The zero-order valence-corrected chi connectivity index (χ0v) is 11.2. The van der Waals surface area contributed by atoms with Crippen LogP contribution >= 0.6 is 35.6 Å². The second kappa shape index (κ2) is 6.08. The second-order valence-electron chi connectivity index (χ2n) is 4.06. The standard InChI is InChI=1S/C11H14Cl2N2.ClH/c12-9-3-8(4-10(13)5-9)6-15-2-1-11(14)7-15;/h3-5,11H,1-2,6-7,14H2;1H/t11-;/m0./s1. The maximum absolute atomic E-state index is 5.94. The van der Waals surface area contributed by atoms with Crippen LogP contribution in [-0.2, 0) is 6.54 Å². The van der Waals surface area contributed by atoms with Crippen molar-refractivity contribution >= 4 is 35.6 Å². The highest BCUT2D eigenvalue weighted by molar-refractivity contribution is 6.34. The Balaban J connectivity index is 0.00000128. The van der Waals surface area contributed by atoms with E-state index in [1.807, 2.05) is 12.1 Å². The second-order valence-corrected chi connectivity index (χ2v) is 4.93. The molecule has 1 saturated heterocycles. The Morgan fingerprint density at radius 3 is 2.38 bits per heavy atom. The fraction of sp³-hybridized carbons (Fsp3) is 0.455. The van der Waals surface area contributed by atoms with Crippen LogP contribution in [0.25, 0.3) is 0 Å². The molecule has 1 aliphatic heterocycles. The van der Waals surface area contributed by atoms with Gasteiger partial charge in [0.2, 0.25) is 0 Å². The van der Waals surface area contributed by atoms with Crippen LogP contribution in [0.5, 0.6) is 0 Å². The van der Waals surface area contributed by atoms with Crippen LogP contribution in [-0.4, -0.2) is 24.0 Å². The van der Waals surface area contributed by atoms with E-state index in [1.54, 1.807) is 6.07 Å². The average Bonchev–Trinajstić information content (AvgIpc) is 2.49. The molecule has 1 aromatic rings. The minimum atomic E-state index is 0. The van der Waals surface area contributed by atoms with Gasteiger partial charge in [0.25, 0.3) is 0 Å². The number of hydrogen-bond acceptors (Lipinski definition) is 2. The molecule has 0 unspecified atom stereocenters. The number of halogens is 3. The molecule has 16 heavy (non-hydrogen) atoms. The van der Waals surface area contributed by atoms with Gasteiger partial charge < -0.3 is 5.73 Å². The fourth-order valence-corrected chi connectivity index (χ4v) is 2.54. The van der Waals surface area contributed by atoms with Crippen LogP contribution in [0.15, 0.2) is 18.2 Å². The molecule has 0 aromatic heterocycles. The Morgan fingerprint density at radius 1 is 1.25 bits per heavy atom. The third-order valence-corrected chi connectivity index (χ3v) is 3.07. The molecule has 2 N–H and O–H groups in total. The number of nitrogens with zero attached hydrogens (tertiary/aromatic N) is 1. The first-order valence-corrected chi connectivity index (χ1v) is 5.82. The lowest BCUT2D eigenvalue weighted by molar-refractivity contribution is 0.327. The lowest BCUT2D eigenvalue weighted by Gasteiger charge is -2.15. The molecule has 1 fully saturated rings. The quantitative estimate of drug-likeness (QED) is 0.903. The van der Waals surface area contributed by atoms with Gasteiger partial charge in [0.1, 0.15) is 0 Å². The van der Waals surface area contributed by atoms with Gasteiger partial charge in [0, 0.05) is 35.7 Å². The Morgan fingerprint density at radius 2 is 1.88 bits per heavy atom. The van der Waals surface area contributed by atoms with Gasteiger partial charge in [-0.1, -0.05) is 23.2 Å². The lowest BCUT2D eigenvalue weighted by atomic mass is 10.2. The Labute approximate surface area is 112 Å². The minimum absolute atomic E-state index is 0. The van der Waals surface area contributed by atoms with Crippen LogP contribution < -0.4 is 5.73 Å². The van der Waals surface area contributed by atoms with Crippen molar-refractivity contribution in [1.82, 2.24) is 4.90 Å². The molecule has 0 bridgehead atoms. The molecule has 0 amide bonds. The zero-order valence-electron chi connectivity index (χ0n) is 8.83. The molecule has 2 rings (SSSR count). The number of hydrogen-bond donors (Lipinski definition) is 1. The van der Waals surface area contributed by atoms with Crippen LogP contribution in [0.3, 0.4) is 0 Å². The number of nitrogens with two attached hydrogens (primary N) is 1. The van der Waals surface area contributed by atoms with Crippen LogP contribution in [0.1, 0.15) is 12.0 Å². The summed E-state index contributed by atoms with van der Waals surface area (Å²) in [6.07, 6.45) is 1.08. The molecular weight excluding hydrogens is 266 g/mol. The molecule has 1 aromatic carbocycles. The zero-order chi connectivity index (χ0) is 10.8. The largest absolute Gasteiger partial charge is 0.326 e. The predicted molar refractivity (Wildman–Crippen MR) is 71.6 cm³/mol. The number of benzene rings is 1. The van der Waals surface area contributed by atoms with E-state index in [0.717, 1.165) is 31.6 Å². The van der Waals surface area contributed by atoms with Crippen molar-refractivity contribution in [2.45, 2.75) is 19.0 Å². The van der Waals surface area contributed by atoms with E-state index in [2.05, 4.69) is 4.90 Å². The molecule has 1 heterocycles. The molecule has 0 spiro atoms. The molecule has 1 aliphatic rings. The third kappa shape index (κ3) is 3.79. The molecule has 1 atom stereocenters. The van der Waals surface area contributed by atoms with Gasteiger partial charge in [-0.3, -0.25) is 4.90 Å². The smallest absolute Gasteiger partial charge is 0.0424 e. The van der Waals surface area contributed by atoms with E-state index in [-0.39, 0.29) is 12.4 Å². The van der Waals surface area contributed by atoms with Crippen molar-refractivity contribution < 1.29 is 0 Å². The molecular formula is C11H15Cl3N2. The van der Waals surface area contributed by atoms with E-state index in [1.165, 1.54) is 0 Å². The van der Waals surface area contributed by atoms with Gasteiger partial charge in [-0.25, -0.2) is 0 Å². The van der Waals surface area contributed by atoms with Crippen molar-refractivity contribution in [2.24, 2.45) is 5.73 Å². The Kier molecular flexibility index (Phi) is 5.35. The highest BCUT2D eigenvalue weighted by atomic mass is 35.5. The van der Waals surface area contributed by atoms with Crippen LogP contribution in [0.2, 0.25) is 10.0 Å². The third-order valence-electron chi connectivity index (χ3n) is 2.64. The maximum Gasteiger partial charge on any atom is 0.0424 e. The van der Waals surface area contributed by atoms with Gasteiger partial charge in [0.05, 0.1) is 0 Å². The van der Waals surface area contributed by atoms with E-state index in [4.69, 9.17) is 28.9 Å². The molecule has 90 valence electrons. The number of likely N-dealkylation sites (tertiary alicyclic amines) is 1. The van der Waals surface area contributed by atoms with E-state index < -0.39 is 0 Å². The molecule has 0 saturated carbocycles. The van der Waals surface area contributed by atoms with Gasteiger partial charge in [-0.15, -0.1) is 12.4 Å². The van der Waals surface area contributed by atoms with E-state index >= 15 is 0 Å². The van der Waals surface area contributed by atoms with Crippen molar-refractivity contribution in [1.29, 1.82) is 0 Å². The molecule has 0 radical (unpaired) electrons. The van der Waals surface area contributed by atoms with Crippen molar-refractivity contribution in [3.63, 3.8) is 0 Å². The first-order chi connectivity index (χ1) is 7.13. The average molecular weight is 282 g/mol. The van der Waals surface area contributed by atoms with Gasteiger partial charge in [0.15, 0.2) is 0 Å². The van der Waals surface area contributed by atoms with Crippen molar-refractivity contribution in [3.8, 4) is 0 Å². The highest BCUT2D eigenvalue weighted by Gasteiger charge is 2.18. The monoisotopic (exact) mass is 280 g/mol. The lowest BCUT2D eigenvalue weighted by Crippen LogP contribution is -2.26. The molecule has 5 heteroatoms. The summed E-state index contributed by atoms with van der Waals surface area (Å²) in [5.41, 5.74) is 7.00. The summed E-state index contributed by atoms with van der Waals surface area (Å²) in [6.45, 7) is 2.91. The topological polar surface area (TPSA) is 29.3 Å². The first-order valence-electron chi connectivity index (χ1n) is 5.06. The van der Waals surface area contributed by atoms with E-state index in [0.29, 0.717) is 16.1 Å². The number of rotatable bonds is 2. The summed E-state index contributed by atoms with van der Waals surface area (Å²) in [4.78, 5) is 2.33. The first kappa shape index (κ1) is 14.1. The van der Waals surface area contributed by atoms with Crippen LogP contribution in [0, 0.1) is 0 Å². The van der Waals surface area contributed by atoms with Crippen molar-refractivity contribution in [2.75, 3.05) is 13.1 Å². The summed E-state index contributed by atoms with van der Waals surface area (Å²) in [6, 6.07) is 5.98. The Bertz CT molecular complexity index is 337. The summed E-state index contributed by atoms with van der Waals surface area (Å²) in [7, 11) is 0. The highest BCUT2D eigenvalue weighted by Crippen LogP contribution is 2.21. The predicted octanol–water partition coefficient (Wildman–Crippen LogP) is 2.95. The van der Waals surface area contributed by atoms with Crippen LogP contribution in [0.4, 0.5) is 0 Å². The van der Waals surface area contributed by atoms with Gasteiger partial charge in [-0.05, 0) is 30.2 Å². The minimum Gasteiger partial charge on any atom is -0.326 e. The summed E-state index contributed by atoms with van der Waals surface area (Å²) >= 11 is 11.9. The normalized spacial score (nSPS) is 20.8. The summed E-state index contributed by atoms with van der Waals surface area (Å²) in [5, 5.41) is 1.39. The molecule has 0 aliphatic carbocycles. The SMILES string of the molecule is Cl.N[C@H]1CCN(Cc2cc(Cl)cc(Cl)c2)C1.